The number of unbranched alkanes of at least 4 members (excludes halogenated alkanes) is 1. The van der Waals surface area contributed by atoms with Crippen LogP contribution in [0.25, 0.3) is 0 Å². The van der Waals surface area contributed by atoms with Crippen LogP contribution >= 0.6 is 23.2 Å². The van der Waals surface area contributed by atoms with Gasteiger partial charge in [0.2, 0.25) is 5.91 Å². The topological polar surface area (TPSA) is 49.3 Å². The third-order valence-corrected chi connectivity index (χ3v) is 3.01. The molecule has 0 fully saturated rings. The fourth-order valence-electron chi connectivity index (χ4n) is 1.39. The third-order valence-electron chi connectivity index (χ3n) is 2.31. The lowest BCUT2D eigenvalue weighted by Crippen LogP contribution is -2.26. The smallest absolute Gasteiger partial charge is 0.224 e. The fourth-order valence-corrected chi connectivity index (χ4v) is 1.92. The molecule has 0 aliphatic carbocycles. The molecule has 0 aliphatic heterocycles. The SMILES string of the molecule is O=C(Cc1c(Cl)cccc1Cl)NCCCCO. The first kappa shape index (κ1) is 14.3. The highest BCUT2D eigenvalue weighted by atomic mass is 35.5. The summed E-state index contributed by atoms with van der Waals surface area (Å²) in [5.41, 5.74) is 0.649. The molecule has 0 aliphatic rings. The lowest BCUT2D eigenvalue weighted by molar-refractivity contribution is -0.120. The van der Waals surface area contributed by atoms with Crippen LogP contribution in [0, 0.1) is 0 Å². The zero-order chi connectivity index (χ0) is 12.7. The molecule has 1 amide bonds. The summed E-state index contributed by atoms with van der Waals surface area (Å²) in [6.07, 6.45) is 1.63. The highest BCUT2D eigenvalue weighted by molar-refractivity contribution is 6.36. The molecule has 0 spiro atoms. The lowest BCUT2D eigenvalue weighted by atomic mass is 10.1. The summed E-state index contributed by atoms with van der Waals surface area (Å²) in [5, 5.41) is 12.4. The number of halogens is 2. The summed E-state index contributed by atoms with van der Waals surface area (Å²) in [7, 11) is 0. The molecule has 1 aromatic rings. The number of aliphatic hydroxyl groups is 1. The van der Waals surface area contributed by atoms with Crippen LogP contribution in [0.4, 0.5) is 0 Å². The Hall–Kier alpha value is -0.770. The molecular formula is C12H15Cl2NO2. The highest BCUT2D eigenvalue weighted by Gasteiger charge is 2.09. The van der Waals surface area contributed by atoms with Crippen molar-refractivity contribution in [3.8, 4) is 0 Å². The lowest BCUT2D eigenvalue weighted by Gasteiger charge is -2.07. The molecule has 3 nitrogen and oxygen atoms in total. The molecule has 2 N–H and O–H groups in total. The zero-order valence-electron chi connectivity index (χ0n) is 9.38. The maximum atomic E-state index is 11.6. The molecule has 0 saturated carbocycles. The molecule has 1 rings (SSSR count). The number of aliphatic hydroxyl groups excluding tert-OH is 1. The van der Waals surface area contributed by atoms with Gasteiger partial charge in [0.1, 0.15) is 0 Å². The van der Waals surface area contributed by atoms with Crippen LogP contribution in [0.2, 0.25) is 10.0 Å². The van der Waals surface area contributed by atoms with Gasteiger partial charge in [0.15, 0.2) is 0 Å². The minimum Gasteiger partial charge on any atom is -0.396 e. The Morgan fingerprint density at radius 1 is 1.24 bits per heavy atom. The van der Waals surface area contributed by atoms with Crippen molar-refractivity contribution in [2.24, 2.45) is 0 Å². The Morgan fingerprint density at radius 2 is 1.88 bits per heavy atom. The number of carbonyl (C=O) groups excluding carboxylic acids is 1. The molecule has 0 heterocycles. The normalized spacial score (nSPS) is 10.3. The molecule has 0 aromatic heterocycles. The van der Waals surface area contributed by atoms with E-state index in [-0.39, 0.29) is 18.9 Å². The second-order valence-corrected chi connectivity index (χ2v) is 4.47. The Bertz CT molecular complexity index is 363. The number of rotatable bonds is 6. The first-order valence-electron chi connectivity index (χ1n) is 5.45. The quantitative estimate of drug-likeness (QED) is 0.784. The summed E-state index contributed by atoms with van der Waals surface area (Å²) < 4.78 is 0. The number of amides is 1. The standard InChI is InChI=1S/C12H15Cl2NO2/c13-10-4-3-5-11(14)9(10)8-12(17)15-6-1-2-7-16/h3-5,16H,1-2,6-8H2,(H,15,17). The summed E-state index contributed by atoms with van der Waals surface area (Å²) in [5.74, 6) is -0.113. The van der Waals surface area contributed by atoms with Crippen LogP contribution in [-0.4, -0.2) is 24.2 Å². The van der Waals surface area contributed by atoms with Crippen molar-refractivity contribution >= 4 is 29.1 Å². The Kier molecular flexibility index (Phi) is 6.34. The molecule has 0 radical (unpaired) electrons. The number of nitrogens with one attached hydrogen (secondary N) is 1. The number of hydrogen-bond acceptors (Lipinski definition) is 2. The number of hydrogen-bond donors (Lipinski definition) is 2. The van der Waals surface area contributed by atoms with Crippen LogP contribution in [0.15, 0.2) is 18.2 Å². The molecule has 17 heavy (non-hydrogen) atoms. The Balaban J connectivity index is 2.45. The van der Waals surface area contributed by atoms with Crippen LogP contribution in [0.1, 0.15) is 18.4 Å². The summed E-state index contributed by atoms with van der Waals surface area (Å²) in [6, 6.07) is 5.16. The minimum absolute atomic E-state index is 0.113. The van der Waals surface area contributed by atoms with Crippen LogP contribution < -0.4 is 5.32 Å². The molecule has 5 heteroatoms. The molecule has 0 atom stereocenters. The van der Waals surface area contributed by atoms with Gasteiger partial charge < -0.3 is 10.4 Å². The Morgan fingerprint density at radius 3 is 2.47 bits per heavy atom. The van der Waals surface area contributed by atoms with Gasteiger partial charge in [-0.25, -0.2) is 0 Å². The first-order valence-corrected chi connectivity index (χ1v) is 6.21. The van der Waals surface area contributed by atoms with Crippen molar-refractivity contribution in [3.05, 3.63) is 33.8 Å². The van der Waals surface area contributed by atoms with Gasteiger partial charge in [-0.3, -0.25) is 4.79 Å². The maximum Gasteiger partial charge on any atom is 0.224 e. The van der Waals surface area contributed by atoms with Gasteiger partial charge in [-0.15, -0.1) is 0 Å². The molecular weight excluding hydrogens is 261 g/mol. The van der Waals surface area contributed by atoms with Crippen molar-refractivity contribution in [2.75, 3.05) is 13.2 Å². The van der Waals surface area contributed by atoms with Crippen molar-refractivity contribution in [2.45, 2.75) is 19.3 Å². The van der Waals surface area contributed by atoms with Gasteiger partial charge in [0.05, 0.1) is 6.42 Å². The van der Waals surface area contributed by atoms with Gasteiger partial charge in [0.25, 0.3) is 0 Å². The van der Waals surface area contributed by atoms with E-state index in [1.165, 1.54) is 0 Å². The molecule has 0 bridgehead atoms. The van der Waals surface area contributed by atoms with Crippen molar-refractivity contribution in [1.29, 1.82) is 0 Å². The van der Waals surface area contributed by atoms with E-state index in [9.17, 15) is 4.79 Å². The fraction of sp³-hybridized carbons (Fsp3) is 0.417. The van der Waals surface area contributed by atoms with Gasteiger partial charge in [0, 0.05) is 23.2 Å². The largest absolute Gasteiger partial charge is 0.396 e. The minimum atomic E-state index is -0.113. The summed E-state index contributed by atoms with van der Waals surface area (Å²) >= 11 is 11.9. The van der Waals surface area contributed by atoms with E-state index in [1.807, 2.05) is 0 Å². The van der Waals surface area contributed by atoms with Crippen molar-refractivity contribution < 1.29 is 9.90 Å². The van der Waals surface area contributed by atoms with E-state index in [1.54, 1.807) is 18.2 Å². The van der Waals surface area contributed by atoms with E-state index >= 15 is 0 Å². The Labute approximate surface area is 111 Å². The van der Waals surface area contributed by atoms with Gasteiger partial charge in [-0.2, -0.15) is 0 Å². The molecule has 0 saturated heterocycles. The maximum absolute atomic E-state index is 11.6. The molecule has 1 aromatic carbocycles. The summed E-state index contributed by atoms with van der Waals surface area (Å²) in [4.78, 5) is 11.6. The monoisotopic (exact) mass is 275 g/mol. The van der Waals surface area contributed by atoms with E-state index in [0.29, 0.717) is 28.6 Å². The highest BCUT2D eigenvalue weighted by Crippen LogP contribution is 2.24. The zero-order valence-corrected chi connectivity index (χ0v) is 10.9. The molecule has 0 unspecified atom stereocenters. The van der Waals surface area contributed by atoms with Crippen LogP contribution in [0.3, 0.4) is 0 Å². The van der Waals surface area contributed by atoms with Crippen molar-refractivity contribution in [1.82, 2.24) is 5.32 Å². The first-order chi connectivity index (χ1) is 8.15. The summed E-state index contributed by atoms with van der Waals surface area (Å²) in [6.45, 7) is 0.702. The molecule has 94 valence electrons. The van der Waals surface area contributed by atoms with E-state index in [2.05, 4.69) is 5.32 Å². The van der Waals surface area contributed by atoms with Crippen LogP contribution in [0.5, 0.6) is 0 Å². The van der Waals surface area contributed by atoms with Gasteiger partial charge in [-0.05, 0) is 30.5 Å². The predicted molar refractivity (Wildman–Crippen MR) is 69.5 cm³/mol. The second-order valence-electron chi connectivity index (χ2n) is 3.66. The van der Waals surface area contributed by atoms with E-state index < -0.39 is 0 Å². The third kappa shape index (κ3) is 4.94. The van der Waals surface area contributed by atoms with Crippen LogP contribution in [-0.2, 0) is 11.2 Å². The second kappa shape index (κ2) is 7.54. The number of benzene rings is 1. The van der Waals surface area contributed by atoms with E-state index in [4.69, 9.17) is 28.3 Å². The predicted octanol–water partition coefficient (Wildman–Crippen LogP) is 2.42. The number of carbonyl (C=O) groups is 1. The average molecular weight is 276 g/mol. The van der Waals surface area contributed by atoms with E-state index in [0.717, 1.165) is 6.42 Å². The van der Waals surface area contributed by atoms with Gasteiger partial charge >= 0.3 is 0 Å². The average Bonchev–Trinajstić information content (AvgIpc) is 2.30. The van der Waals surface area contributed by atoms with Gasteiger partial charge in [-0.1, -0.05) is 29.3 Å². The van der Waals surface area contributed by atoms with Crippen molar-refractivity contribution in [3.63, 3.8) is 0 Å².